The first-order valence-corrected chi connectivity index (χ1v) is 13.0. The number of nitrogens with zero attached hydrogens (tertiary/aromatic N) is 3. The highest BCUT2D eigenvalue weighted by Gasteiger charge is 2.41. The van der Waals surface area contributed by atoms with Gasteiger partial charge < -0.3 is 4.57 Å². The van der Waals surface area contributed by atoms with Crippen molar-refractivity contribution in [1.82, 2.24) is 19.1 Å². The average Bonchev–Trinajstić information content (AvgIpc) is 3.57. The fourth-order valence-electron chi connectivity index (χ4n) is 4.57. The van der Waals surface area contributed by atoms with E-state index in [1.807, 2.05) is 6.92 Å². The maximum absolute atomic E-state index is 14.7. The molecule has 1 fully saturated rings. The summed E-state index contributed by atoms with van der Waals surface area (Å²) >= 11 is 0. The summed E-state index contributed by atoms with van der Waals surface area (Å²) in [5.74, 6) is -1.11. The molecule has 1 N–H and O–H groups in total. The van der Waals surface area contributed by atoms with Gasteiger partial charge in [-0.15, -0.1) is 0 Å². The molecule has 6 nitrogen and oxygen atoms in total. The first kappa shape index (κ1) is 25.6. The van der Waals surface area contributed by atoms with E-state index in [1.165, 1.54) is 10.7 Å². The largest absolute Gasteiger partial charge is 0.419 e. The van der Waals surface area contributed by atoms with Gasteiger partial charge in [-0.25, -0.2) is 13.3 Å². The maximum atomic E-state index is 14.7. The molecule has 0 saturated heterocycles. The highest BCUT2D eigenvalue weighted by molar-refractivity contribution is 7.83. The van der Waals surface area contributed by atoms with Gasteiger partial charge in [-0.3, -0.25) is 9.48 Å². The molecule has 1 aliphatic carbocycles. The number of hydrogen-bond acceptors (Lipinski definition) is 3. The van der Waals surface area contributed by atoms with Crippen LogP contribution in [0.3, 0.4) is 0 Å². The predicted molar refractivity (Wildman–Crippen MR) is 127 cm³/mol. The molecule has 2 unspecified atom stereocenters. The van der Waals surface area contributed by atoms with E-state index < -0.39 is 34.1 Å². The molecular weight excluding hydrogens is 484 g/mol. The number of unbranched alkanes of at least 4 members (excludes halogenated alkanes) is 1. The molecule has 4 rings (SSSR count). The van der Waals surface area contributed by atoms with Gasteiger partial charge in [-0.05, 0) is 49.4 Å². The van der Waals surface area contributed by atoms with Crippen molar-refractivity contribution in [2.75, 3.05) is 5.75 Å². The summed E-state index contributed by atoms with van der Waals surface area (Å²) < 4.78 is 73.7. The normalized spacial score (nSPS) is 17.0. The number of halogens is 4. The van der Waals surface area contributed by atoms with Crippen molar-refractivity contribution in [1.29, 1.82) is 0 Å². The molecule has 3 aromatic rings. The van der Waals surface area contributed by atoms with Crippen LogP contribution >= 0.6 is 0 Å². The van der Waals surface area contributed by atoms with E-state index >= 15 is 0 Å². The van der Waals surface area contributed by atoms with Crippen LogP contribution in [0, 0.1) is 5.82 Å². The van der Waals surface area contributed by atoms with E-state index in [0.29, 0.717) is 29.3 Å². The SMILES string of the molecule is CCCCS(=O)NC(CC)(c1ccc(C(F)(F)F)c(F)c1)c1c2ccn(C3CC3)c(=O)c2nn1C. The first-order valence-electron chi connectivity index (χ1n) is 11.6. The van der Waals surface area contributed by atoms with E-state index in [-0.39, 0.29) is 29.1 Å². The summed E-state index contributed by atoms with van der Waals surface area (Å²) in [6.07, 6.45) is 0.350. The molecule has 1 aliphatic rings. The smallest absolute Gasteiger partial charge is 0.311 e. The van der Waals surface area contributed by atoms with Gasteiger partial charge in [0.1, 0.15) is 5.82 Å². The zero-order chi connectivity index (χ0) is 25.5. The number of rotatable bonds is 9. The lowest BCUT2D eigenvalue weighted by Crippen LogP contribution is -2.46. The Bertz CT molecular complexity index is 1330. The highest BCUT2D eigenvalue weighted by atomic mass is 32.2. The molecule has 1 saturated carbocycles. The molecule has 1 aromatic carbocycles. The molecule has 0 aliphatic heterocycles. The standard InChI is InChI=1S/C24H28F4N4O2S/c1-4-6-13-35(34)30-23(5-2,15-7-10-18(19(25)14-15)24(26,27)28)21-17-11-12-32(16-8-9-16)22(33)20(17)29-31(21)3/h7,10-12,14,16,30H,4-6,8-9,13H2,1-3H3. The third-order valence-corrected chi connectivity index (χ3v) is 7.77. The van der Waals surface area contributed by atoms with E-state index in [4.69, 9.17) is 0 Å². The van der Waals surface area contributed by atoms with Crippen LogP contribution in [0.25, 0.3) is 10.9 Å². The lowest BCUT2D eigenvalue weighted by molar-refractivity contribution is -0.140. The number of pyridine rings is 1. The Balaban J connectivity index is 1.95. The van der Waals surface area contributed by atoms with Crippen LogP contribution in [0.4, 0.5) is 17.6 Å². The lowest BCUT2D eigenvalue weighted by atomic mass is 9.83. The van der Waals surface area contributed by atoms with Gasteiger partial charge in [0.15, 0.2) is 5.52 Å². The summed E-state index contributed by atoms with van der Waals surface area (Å²) in [6, 6.07) is 4.62. The zero-order valence-electron chi connectivity index (χ0n) is 19.8. The number of hydrogen-bond donors (Lipinski definition) is 1. The Labute approximate surface area is 202 Å². The van der Waals surface area contributed by atoms with Gasteiger partial charge in [0.05, 0.1) is 27.8 Å². The van der Waals surface area contributed by atoms with Crippen LogP contribution < -0.4 is 10.3 Å². The monoisotopic (exact) mass is 512 g/mol. The molecule has 35 heavy (non-hydrogen) atoms. The molecule has 2 atom stereocenters. The second-order valence-corrected chi connectivity index (χ2v) is 10.3. The molecule has 190 valence electrons. The molecule has 0 amide bonds. The average molecular weight is 513 g/mol. The molecule has 11 heteroatoms. The van der Waals surface area contributed by atoms with Crippen LogP contribution in [-0.2, 0) is 29.7 Å². The van der Waals surface area contributed by atoms with Crippen LogP contribution in [0.1, 0.15) is 68.8 Å². The Kier molecular flexibility index (Phi) is 6.93. The van der Waals surface area contributed by atoms with Crippen LogP contribution in [0.5, 0.6) is 0 Å². The number of aryl methyl sites for hydroxylation is 1. The fourth-order valence-corrected chi connectivity index (χ4v) is 5.97. The first-order chi connectivity index (χ1) is 16.5. The predicted octanol–water partition coefficient (Wildman–Crippen LogP) is 4.93. The van der Waals surface area contributed by atoms with Crippen molar-refractivity contribution in [2.24, 2.45) is 7.05 Å². The third kappa shape index (κ3) is 4.67. The lowest BCUT2D eigenvalue weighted by Gasteiger charge is -2.35. The number of nitrogens with one attached hydrogen (secondary N) is 1. The highest BCUT2D eigenvalue weighted by Crippen LogP contribution is 2.40. The fraction of sp³-hybridized carbons (Fsp3) is 0.500. The van der Waals surface area contributed by atoms with Crippen molar-refractivity contribution in [3.05, 3.63) is 63.5 Å². The van der Waals surface area contributed by atoms with Crippen LogP contribution in [-0.4, -0.2) is 24.3 Å². The molecule has 0 spiro atoms. The number of alkyl halides is 3. The topological polar surface area (TPSA) is 68.9 Å². The van der Waals surface area contributed by atoms with E-state index in [1.54, 1.807) is 30.8 Å². The van der Waals surface area contributed by atoms with E-state index in [2.05, 4.69) is 9.82 Å². The summed E-state index contributed by atoms with van der Waals surface area (Å²) in [6.45, 7) is 3.72. The van der Waals surface area contributed by atoms with Crippen molar-refractivity contribution in [3.8, 4) is 0 Å². The van der Waals surface area contributed by atoms with Gasteiger partial charge >= 0.3 is 6.18 Å². The minimum absolute atomic E-state index is 0.136. The van der Waals surface area contributed by atoms with E-state index in [9.17, 15) is 26.6 Å². The Morgan fingerprint density at radius 3 is 2.49 bits per heavy atom. The van der Waals surface area contributed by atoms with Gasteiger partial charge in [0.25, 0.3) is 5.56 Å². The molecule has 2 aromatic heterocycles. The third-order valence-electron chi connectivity index (χ3n) is 6.54. The summed E-state index contributed by atoms with van der Waals surface area (Å²) in [5, 5.41) is 4.93. The summed E-state index contributed by atoms with van der Waals surface area (Å²) in [4.78, 5) is 13.1. The van der Waals surface area contributed by atoms with E-state index in [0.717, 1.165) is 25.3 Å². The van der Waals surface area contributed by atoms with Crippen LogP contribution in [0.2, 0.25) is 0 Å². The number of fused-ring (bicyclic) bond motifs is 1. The van der Waals surface area contributed by atoms with Gasteiger partial charge in [0.2, 0.25) is 0 Å². The van der Waals surface area contributed by atoms with Crippen molar-refractivity contribution < 1.29 is 21.8 Å². The second-order valence-electron chi connectivity index (χ2n) is 8.95. The van der Waals surface area contributed by atoms with Gasteiger partial charge in [-0.2, -0.15) is 18.3 Å². The number of benzene rings is 1. The summed E-state index contributed by atoms with van der Waals surface area (Å²) in [7, 11) is 0.0420. The van der Waals surface area contributed by atoms with Crippen LogP contribution in [0.15, 0.2) is 35.3 Å². The summed E-state index contributed by atoms with van der Waals surface area (Å²) in [5.41, 5.74) is -2.16. The van der Waals surface area contributed by atoms with Crippen molar-refractivity contribution in [2.45, 2.75) is 63.7 Å². The Hall–Kier alpha value is -2.53. The second kappa shape index (κ2) is 9.50. The van der Waals surface area contributed by atoms with Crippen molar-refractivity contribution in [3.63, 3.8) is 0 Å². The zero-order valence-corrected chi connectivity index (χ0v) is 20.6. The molecule has 0 bridgehead atoms. The van der Waals surface area contributed by atoms with Crippen molar-refractivity contribution >= 4 is 21.9 Å². The minimum atomic E-state index is -4.85. The van der Waals surface area contributed by atoms with Gasteiger partial charge in [0, 0.05) is 30.4 Å². The Morgan fingerprint density at radius 1 is 1.20 bits per heavy atom. The Morgan fingerprint density at radius 2 is 1.91 bits per heavy atom. The minimum Gasteiger partial charge on any atom is -0.311 e. The quantitative estimate of drug-likeness (QED) is 0.413. The maximum Gasteiger partial charge on any atom is 0.419 e. The number of aromatic nitrogens is 3. The molecular formula is C24H28F4N4O2S. The van der Waals surface area contributed by atoms with Gasteiger partial charge in [-0.1, -0.05) is 26.3 Å². The molecule has 0 radical (unpaired) electrons. The molecule has 2 heterocycles.